The third-order valence-corrected chi connectivity index (χ3v) is 4.34. The maximum absolute atomic E-state index is 12.5. The molecule has 3 aromatic rings. The number of nitrogens with one attached hydrogen (secondary N) is 2. The lowest BCUT2D eigenvalue weighted by Crippen LogP contribution is -2.31. The Labute approximate surface area is 151 Å². The van der Waals surface area contributed by atoms with Crippen LogP contribution < -0.4 is 10.9 Å². The Morgan fingerprint density at radius 2 is 1.88 bits per heavy atom. The van der Waals surface area contributed by atoms with E-state index in [4.69, 9.17) is 0 Å². The molecule has 0 atom stereocenters. The summed E-state index contributed by atoms with van der Waals surface area (Å²) >= 11 is 3.42. The zero-order valence-corrected chi connectivity index (χ0v) is 14.6. The van der Waals surface area contributed by atoms with Gasteiger partial charge in [0, 0.05) is 22.8 Å². The quantitative estimate of drug-likeness (QED) is 0.639. The highest BCUT2D eigenvalue weighted by Crippen LogP contribution is 2.42. The summed E-state index contributed by atoms with van der Waals surface area (Å²) in [5, 5.41) is 8.28. The SMILES string of the molecule is O=C(NNc1ncccn1)c1nnn(-c2ccc(Br)cc2)c1C1CC1. The molecule has 0 radical (unpaired) electrons. The van der Waals surface area contributed by atoms with Crippen LogP contribution >= 0.6 is 15.9 Å². The lowest BCUT2D eigenvalue weighted by Gasteiger charge is -2.08. The van der Waals surface area contributed by atoms with Gasteiger partial charge in [0.2, 0.25) is 5.95 Å². The second kappa shape index (κ2) is 6.60. The first-order valence-electron chi connectivity index (χ1n) is 7.77. The molecule has 126 valence electrons. The van der Waals surface area contributed by atoms with E-state index in [2.05, 4.69) is 47.1 Å². The van der Waals surface area contributed by atoms with Crippen LogP contribution in [0.25, 0.3) is 5.69 Å². The van der Waals surface area contributed by atoms with E-state index in [-0.39, 0.29) is 5.91 Å². The Bertz CT molecular complexity index is 891. The van der Waals surface area contributed by atoms with Gasteiger partial charge in [-0.25, -0.2) is 14.6 Å². The largest absolute Gasteiger partial charge is 0.292 e. The molecule has 1 aromatic carbocycles. The second-order valence-electron chi connectivity index (χ2n) is 5.64. The monoisotopic (exact) mass is 399 g/mol. The average molecular weight is 400 g/mol. The molecule has 25 heavy (non-hydrogen) atoms. The minimum absolute atomic E-state index is 0.298. The zero-order valence-electron chi connectivity index (χ0n) is 13.1. The Morgan fingerprint density at radius 3 is 2.56 bits per heavy atom. The van der Waals surface area contributed by atoms with Gasteiger partial charge in [0.25, 0.3) is 5.91 Å². The highest BCUT2D eigenvalue weighted by atomic mass is 79.9. The van der Waals surface area contributed by atoms with Crippen molar-refractivity contribution in [1.29, 1.82) is 0 Å². The first-order valence-corrected chi connectivity index (χ1v) is 8.56. The van der Waals surface area contributed by atoms with E-state index in [0.29, 0.717) is 17.6 Å². The number of amides is 1. The molecule has 0 bridgehead atoms. The van der Waals surface area contributed by atoms with Crippen LogP contribution in [0.4, 0.5) is 5.95 Å². The van der Waals surface area contributed by atoms with Crippen LogP contribution in [0, 0.1) is 0 Å². The summed E-state index contributed by atoms with van der Waals surface area (Å²) in [4.78, 5) is 20.5. The van der Waals surface area contributed by atoms with E-state index >= 15 is 0 Å². The van der Waals surface area contributed by atoms with Crippen LogP contribution in [0.2, 0.25) is 0 Å². The molecule has 2 heterocycles. The first-order chi connectivity index (χ1) is 12.2. The Hall–Kier alpha value is -2.81. The van der Waals surface area contributed by atoms with E-state index in [1.54, 1.807) is 23.1 Å². The van der Waals surface area contributed by atoms with Crippen LogP contribution in [0.3, 0.4) is 0 Å². The smallest absolute Gasteiger partial charge is 0.265 e. The molecule has 0 saturated heterocycles. The molecule has 0 aliphatic heterocycles. The summed E-state index contributed by atoms with van der Waals surface area (Å²) in [5.41, 5.74) is 7.27. The van der Waals surface area contributed by atoms with Gasteiger partial charge in [-0.05, 0) is 43.2 Å². The third-order valence-electron chi connectivity index (χ3n) is 3.81. The van der Waals surface area contributed by atoms with Crippen molar-refractivity contribution in [2.75, 3.05) is 5.43 Å². The van der Waals surface area contributed by atoms with Crippen LogP contribution in [0.15, 0.2) is 47.2 Å². The molecule has 1 fully saturated rings. The molecule has 1 saturated carbocycles. The number of anilines is 1. The number of carbonyl (C=O) groups is 1. The standard InChI is InChI=1S/C16H14BrN7O/c17-11-4-6-12(7-5-11)24-14(10-2-3-10)13(20-23-24)15(25)21-22-16-18-8-1-9-19-16/h1,4-10H,2-3H2,(H,21,25)(H,18,19,22). The van der Waals surface area contributed by atoms with Gasteiger partial charge in [0.15, 0.2) is 5.69 Å². The normalized spacial score (nSPS) is 13.5. The lowest BCUT2D eigenvalue weighted by atomic mass is 10.2. The van der Waals surface area contributed by atoms with Gasteiger partial charge in [-0.2, -0.15) is 0 Å². The third kappa shape index (κ3) is 3.36. The van der Waals surface area contributed by atoms with Crippen LogP contribution in [-0.4, -0.2) is 30.9 Å². The van der Waals surface area contributed by atoms with E-state index in [9.17, 15) is 4.79 Å². The minimum Gasteiger partial charge on any atom is -0.265 e. The number of aromatic nitrogens is 5. The molecular weight excluding hydrogens is 386 g/mol. The fourth-order valence-corrected chi connectivity index (χ4v) is 2.75. The fourth-order valence-electron chi connectivity index (χ4n) is 2.48. The van der Waals surface area contributed by atoms with Crippen molar-refractivity contribution < 1.29 is 4.79 Å². The molecule has 1 amide bonds. The van der Waals surface area contributed by atoms with E-state index < -0.39 is 0 Å². The topological polar surface area (TPSA) is 97.6 Å². The number of hydrogen-bond acceptors (Lipinski definition) is 6. The van der Waals surface area contributed by atoms with Crippen LogP contribution in [0.1, 0.15) is 34.9 Å². The number of nitrogens with zero attached hydrogens (tertiary/aromatic N) is 5. The molecule has 0 spiro atoms. The predicted molar refractivity (Wildman–Crippen MR) is 94.2 cm³/mol. The Morgan fingerprint density at radius 1 is 1.16 bits per heavy atom. The molecule has 1 aliphatic carbocycles. The van der Waals surface area contributed by atoms with Crippen LogP contribution in [0.5, 0.6) is 0 Å². The summed E-state index contributed by atoms with van der Waals surface area (Å²) in [6.45, 7) is 0. The maximum Gasteiger partial charge on any atom is 0.292 e. The number of benzene rings is 1. The number of hydrogen-bond donors (Lipinski definition) is 2. The maximum atomic E-state index is 12.5. The molecule has 2 N–H and O–H groups in total. The van der Waals surface area contributed by atoms with E-state index in [1.807, 2.05) is 24.3 Å². The average Bonchev–Trinajstić information content (AvgIpc) is 3.39. The number of carbonyl (C=O) groups excluding carboxylic acids is 1. The molecule has 2 aromatic heterocycles. The van der Waals surface area contributed by atoms with Gasteiger partial charge < -0.3 is 0 Å². The van der Waals surface area contributed by atoms with Gasteiger partial charge in [-0.3, -0.25) is 15.6 Å². The van der Waals surface area contributed by atoms with Gasteiger partial charge in [-0.15, -0.1) is 5.10 Å². The summed E-state index contributed by atoms with van der Waals surface area (Å²) in [7, 11) is 0. The molecule has 1 aliphatic rings. The van der Waals surface area contributed by atoms with E-state index in [0.717, 1.165) is 28.7 Å². The van der Waals surface area contributed by atoms with Crippen LogP contribution in [-0.2, 0) is 0 Å². The molecule has 4 rings (SSSR count). The lowest BCUT2D eigenvalue weighted by molar-refractivity contribution is 0.0956. The molecule has 9 heteroatoms. The van der Waals surface area contributed by atoms with Crippen molar-refractivity contribution in [2.45, 2.75) is 18.8 Å². The minimum atomic E-state index is -0.363. The van der Waals surface area contributed by atoms with Crippen molar-refractivity contribution in [3.63, 3.8) is 0 Å². The van der Waals surface area contributed by atoms with Gasteiger partial charge >= 0.3 is 0 Å². The summed E-state index contributed by atoms with van der Waals surface area (Å²) in [6, 6.07) is 9.43. The van der Waals surface area contributed by atoms with Crippen molar-refractivity contribution in [1.82, 2.24) is 30.4 Å². The van der Waals surface area contributed by atoms with Crippen molar-refractivity contribution in [3.8, 4) is 5.69 Å². The highest BCUT2D eigenvalue weighted by Gasteiger charge is 2.34. The van der Waals surface area contributed by atoms with Gasteiger partial charge in [0.05, 0.1) is 11.4 Å². The van der Waals surface area contributed by atoms with Gasteiger partial charge in [0.1, 0.15) is 0 Å². The summed E-state index contributed by atoms with van der Waals surface area (Å²) in [5.74, 6) is 0.245. The Kier molecular flexibility index (Phi) is 4.14. The highest BCUT2D eigenvalue weighted by molar-refractivity contribution is 9.10. The van der Waals surface area contributed by atoms with Crippen molar-refractivity contribution in [3.05, 3.63) is 58.6 Å². The number of rotatable bonds is 5. The summed E-state index contributed by atoms with van der Waals surface area (Å²) < 4.78 is 2.72. The number of hydrazine groups is 1. The fraction of sp³-hybridized carbons (Fsp3) is 0.188. The van der Waals surface area contributed by atoms with Crippen molar-refractivity contribution >= 4 is 27.8 Å². The predicted octanol–water partition coefficient (Wildman–Crippen LogP) is 2.45. The zero-order chi connectivity index (χ0) is 17.2. The first kappa shape index (κ1) is 15.7. The van der Waals surface area contributed by atoms with E-state index in [1.165, 1.54) is 0 Å². The number of halogens is 1. The van der Waals surface area contributed by atoms with Crippen molar-refractivity contribution in [2.24, 2.45) is 0 Å². The summed E-state index contributed by atoms with van der Waals surface area (Å²) in [6.07, 6.45) is 5.22. The van der Waals surface area contributed by atoms with Gasteiger partial charge in [-0.1, -0.05) is 21.1 Å². The second-order valence-corrected chi connectivity index (χ2v) is 6.55. The molecular formula is C16H14BrN7O. The Balaban J connectivity index is 1.59. The molecule has 8 nitrogen and oxygen atoms in total. The molecule has 0 unspecified atom stereocenters.